The van der Waals surface area contributed by atoms with Crippen LogP contribution in [0.3, 0.4) is 0 Å². The van der Waals surface area contributed by atoms with E-state index >= 15 is 0 Å². The van der Waals surface area contributed by atoms with Crippen molar-refractivity contribution in [2.75, 3.05) is 19.0 Å². The zero-order chi connectivity index (χ0) is 18.5. The van der Waals surface area contributed by atoms with Gasteiger partial charge in [-0.05, 0) is 56.2 Å². The molecule has 1 aliphatic rings. The summed E-state index contributed by atoms with van der Waals surface area (Å²) in [6.07, 6.45) is 4.09. The van der Waals surface area contributed by atoms with Crippen molar-refractivity contribution < 1.29 is 13.9 Å². The maximum absolute atomic E-state index is 5.82. The lowest BCUT2D eigenvalue weighted by Crippen LogP contribution is -2.07. The van der Waals surface area contributed by atoms with Gasteiger partial charge in [0, 0.05) is 11.7 Å². The lowest BCUT2D eigenvalue weighted by Gasteiger charge is -2.09. The molecule has 1 fully saturated rings. The first-order chi connectivity index (χ1) is 13.3. The van der Waals surface area contributed by atoms with E-state index in [1.165, 1.54) is 12.8 Å². The van der Waals surface area contributed by atoms with Crippen LogP contribution in [0.5, 0.6) is 11.5 Å². The Morgan fingerprint density at radius 2 is 1.89 bits per heavy atom. The molecule has 142 valence electrons. The lowest BCUT2D eigenvalue weighted by molar-refractivity contribution is 0.332. The molecule has 3 aromatic rings. The van der Waals surface area contributed by atoms with Gasteiger partial charge in [-0.3, -0.25) is 4.57 Å². The van der Waals surface area contributed by atoms with E-state index in [1.807, 2.05) is 43.3 Å². The van der Waals surface area contributed by atoms with E-state index in [-0.39, 0.29) is 0 Å². The number of ether oxygens (including phenoxy) is 2. The summed E-state index contributed by atoms with van der Waals surface area (Å²) in [6, 6.07) is 11.6. The SMILES string of the molecule is CCOc1ccc(OCCSc2nnc(C3CC3)n2Cc2ccco2)cc1. The van der Waals surface area contributed by atoms with Gasteiger partial charge >= 0.3 is 0 Å². The fourth-order valence-electron chi connectivity index (χ4n) is 2.85. The molecule has 0 radical (unpaired) electrons. The smallest absolute Gasteiger partial charge is 0.191 e. The molecule has 0 spiro atoms. The molecule has 1 aliphatic carbocycles. The van der Waals surface area contributed by atoms with Crippen LogP contribution in [-0.4, -0.2) is 33.7 Å². The van der Waals surface area contributed by atoms with E-state index in [0.29, 0.717) is 25.7 Å². The molecule has 2 heterocycles. The summed E-state index contributed by atoms with van der Waals surface area (Å²) >= 11 is 1.66. The average molecular weight is 385 g/mol. The second kappa shape index (κ2) is 8.52. The molecule has 0 amide bonds. The highest BCUT2D eigenvalue weighted by Crippen LogP contribution is 2.40. The first-order valence-electron chi connectivity index (χ1n) is 9.27. The Labute approximate surface area is 162 Å². The Kier molecular flexibility index (Phi) is 5.67. The number of nitrogens with zero attached hydrogens (tertiary/aromatic N) is 3. The number of rotatable bonds is 10. The number of thioether (sulfide) groups is 1. The molecule has 0 atom stereocenters. The van der Waals surface area contributed by atoms with E-state index in [4.69, 9.17) is 13.9 Å². The summed E-state index contributed by atoms with van der Waals surface area (Å²) in [7, 11) is 0. The van der Waals surface area contributed by atoms with Crippen LogP contribution in [0.15, 0.2) is 52.2 Å². The number of hydrogen-bond acceptors (Lipinski definition) is 6. The van der Waals surface area contributed by atoms with Gasteiger partial charge in [0.1, 0.15) is 23.1 Å². The standard InChI is InChI=1S/C20H23N3O3S/c1-2-24-16-7-9-17(10-8-16)26-12-13-27-20-22-21-19(15-5-6-15)23(20)14-18-4-3-11-25-18/h3-4,7-11,15H,2,5-6,12-14H2,1H3. The van der Waals surface area contributed by atoms with E-state index in [2.05, 4.69) is 14.8 Å². The molecular formula is C20H23N3O3S. The van der Waals surface area contributed by atoms with Gasteiger partial charge in [0.2, 0.25) is 0 Å². The van der Waals surface area contributed by atoms with Crippen LogP contribution in [0.2, 0.25) is 0 Å². The van der Waals surface area contributed by atoms with Crippen molar-refractivity contribution in [1.29, 1.82) is 0 Å². The second-order valence-electron chi connectivity index (χ2n) is 6.38. The molecule has 0 N–H and O–H groups in total. The molecule has 6 nitrogen and oxygen atoms in total. The molecular weight excluding hydrogens is 362 g/mol. The number of benzene rings is 1. The summed E-state index contributed by atoms with van der Waals surface area (Å²) in [4.78, 5) is 0. The van der Waals surface area contributed by atoms with E-state index < -0.39 is 0 Å². The monoisotopic (exact) mass is 385 g/mol. The van der Waals surface area contributed by atoms with Crippen molar-refractivity contribution in [3.05, 3.63) is 54.2 Å². The lowest BCUT2D eigenvalue weighted by atomic mass is 10.3. The van der Waals surface area contributed by atoms with Crippen molar-refractivity contribution in [2.45, 2.75) is 37.4 Å². The zero-order valence-corrected chi connectivity index (χ0v) is 16.2. The van der Waals surface area contributed by atoms with Crippen molar-refractivity contribution >= 4 is 11.8 Å². The molecule has 0 unspecified atom stereocenters. The van der Waals surface area contributed by atoms with Crippen LogP contribution in [-0.2, 0) is 6.54 Å². The fraction of sp³-hybridized carbons (Fsp3) is 0.400. The van der Waals surface area contributed by atoms with Crippen LogP contribution < -0.4 is 9.47 Å². The zero-order valence-electron chi connectivity index (χ0n) is 15.3. The Bertz CT molecular complexity index is 842. The predicted molar refractivity (Wildman–Crippen MR) is 104 cm³/mol. The predicted octanol–water partition coefficient (Wildman–Crippen LogP) is 4.37. The molecule has 27 heavy (non-hydrogen) atoms. The number of hydrogen-bond donors (Lipinski definition) is 0. The summed E-state index contributed by atoms with van der Waals surface area (Å²) in [6.45, 7) is 3.91. The van der Waals surface area contributed by atoms with Crippen LogP contribution in [0.1, 0.15) is 37.3 Å². The summed E-state index contributed by atoms with van der Waals surface area (Å²) < 4.78 is 18.9. The molecule has 7 heteroatoms. The normalized spacial score (nSPS) is 13.7. The molecule has 1 saturated carbocycles. The molecule has 0 bridgehead atoms. The first kappa shape index (κ1) is 18.0. The topological polar surface area (TPSA) is 62.3 Å². The minimum Gasteiger partial charge on any atom is -0.494 e. The molecule has 0 aliphatic heterocycles. The molecule has 4 rings (SSSR count). The number of furan rings is 1. The van der Waals surface area contributed by atoms with E-state index in [9.17, 15) is 0 Å². The second-order valence-corrected chi connectivity index (χ2v) is 7.44. The van der Waals surface area contributed by atoms with Crippen LogP contribution in [0.4, 0.5) is 0 Å². The Hall–Kier alpha value is -2.41. The molecule has 1 aromatic carbocycles. The van der Waals surface area contributed by atoms with Gasteiger partial charge in [0.05, 0.1) is 26.0 Å². The first-order valence-corrected chi connectivity index (χ1v) is 10.3. The minimum atomic E-state index is 0.543. The van der Waals surface area contributed by atoms with Crippen molar-refractivity contribution in [3.8, 4) is 11.5 Å². The van der Waals surface area contributed by atoms with Gasteiger partial charge in [-0.25, -0.2) is 0 Å². The van der Waals surface area contributed by atoms with Gasteiger partial charge < -0.3 is 13.9 Å². The summed E-state index contributed by atoms with van der Waals surface area (Å²) in [5.74, 6) is 5.04. The van der Waals surface area contributed by atoms with Crippen LogP contribution in [0, 0.1) is 0 Å². The Morgan fingerprint density at radius 3 is 2.56 bits per heavy atom. The maximum Gasteiger partial charge on any atom is 0.191 e. The van der Waals surface area contributed by atoms with Crippen LogP contribution in [0.25, 0.3) is 0 Å². The van der Waals surface area contributed by atoms with E-state index in [1.54, 1.807) is 18.0 Å². The third-order valence-electron chi connectivity index (χ3n) is 4.30. The third kappa shape index (κ3) is 4.66. The highest BCUT2D eigenvalue weighted by molar-refractivity contribution is 7.99. The van der Waals surface area contributed by atoms with Gasteiger partial charge in [0.25, 0.3) is 0 Å². The van der Waals surface area contributed by atoms with Crippen molar-refractivity contribution in [1.82, 2.24) is 14.8 Å². The van der Waals surface area contributed by atoms with Gasteiger partial charge in [0.15, 0.2) is 5.16 Å². The maximum atomic E-state index is 5.82. The Balaban J connectivity index is 1.32. The van der Waals surface area contributed by atoms with Gasteiger partial charge in [-0.1, -0.05) is 11.8 Å². The third-order valence-corrected chi connectivity index (χ3v) is 5.23. The van der Waals surface area contributed by atoms with Gasteiger partial charge in [-0.2, -0.15) is 0 Å². The number of aromatic nitrogens is 3. The minimum absolute atomic E-state index is 0.543. The highest BCUT2D eigenvalue weighted by atomic mass is 32.2. The summed E-state index contributed by atoms with van der Waals surface area (Å²) in [5.41, 5.74) is 0. The van der Waals surface area contributed by atoms with Crippen molar-refractivity contribution in [3.63, 3.8) is 0 Å². The quantitative estimate of drug-likeness (QED) is 0.382. The Morgan fingerprint density at radius 1 is 1.11 bits per heavy atom. The summed E-state index contributed by atoms with van der Waals surface area (Å²) in [5, 5.41) is 9.74. The largest absolute Gasteiger partial charge is 0.494 e. The van der Waals surface area contributed by atoms with Crippen molar-refractivity contribution in [2.24, 2.45) is 0 Å². The molecule has 2 aromatic heterocycles. The average Bonchev–Trinajstić information content (AvgIpc) is 3.25. The highest BCUT2D eigenvalue weighted by Gasteiger charge is 2.30. The van der Waals surface area contributed by atoms with Crippen LogP contribution >= 0.6 is 11.8 Å². The fourth-order valence-corrected chi connectivity index (χ4v) is 3.61. The molecule has 0 saturated heterocycles. The van der Waals surface area contributed by atoms with E-state index in [0.717, 1.165) is 34.0 Å². The van der Waals surface area contributed by atoms with Gasteiger partial charge in [-0.15, -0.1) is 10.2 Å².